The molecule has 98 valence electrons. The number of hydrogen-bond donors (Lipinski definition) is 1. The summed E-state index contributed by atoms with van der Waals surface area (Å²) in [5, 5.41) is 0. The molecule has 0 saturated heterocycles. The van der Waals surface area contributed by atoms with Gasteiger partial charge in [0.2, 0.25) is 0 Å². The van der Waals surface area contributed by atoms with E-state index in [1.54, 1.807) is 12.1 Å². The Kier molecular flexibility index (Phi) is 2.49. The fraction of sp³-hybridized carbons (Fsp3) is 0.571. The molecule has 0 aromatic heterocycles. The van der Waals surface area contributed by atoms with Crippen molar-refractivity contribution in [3.63, 3.8) is 0 Å². The molecule has 0 radical (unpaired) electrons. The van der Waals surface area contributed by atoms with Crippen molar-refractivity contribution in [2.75, 3.05) is 6.54 Å². The van der Waals surface area contributed by atoms with E-state index in [1.807, 2.05) is 0 Å². The van der Waals surface area contributed by atoms with E-state index < -0.39 is 11.7 Å². The lowest BCUT2D eigenvalue weighted by atomic mass is 9.87. The Morgan fingerprint density at radius 3 is 2.17 bits per heavy atom. The second kappa shape index (κ2) is 3.73. The topological polar surface area (TPSA) is 26.0 Å². The Bertz CT molecular complexity index is 447. The standard InChI is InChI=1S/C14H16F3N/c15-14(16,17)11-5-3-10(4-6-11)13(9-1-2-9)7-12(13)8-18/h3-6,9,12H,1-2,7-8,18H2/t12-,13?/m0/s1. The molecule has 0 amide bonds. The van der Waals surface area contributed by atoms with E-state index >= 15 is 0 Å². The first-order chi connectivity index (χ1) is 8.48. The molecule has 0 bridgehead atoms. The van der Waals surface area contributed by atoms with E-state index in [9.17, 15) is 13.2 Å². The average molecular weight is 255 g/mol. The van der Waals surface area contributed by atoms with E-state index in [0.717, 1.165) is 12.0 Å². The molecule has 2 saturated carbocycles. The van der Waals surface area contributed by atoms with Crippen LogP contribution in [-0.4, -0.2) is 6.54 Å². The summed E-state index contributed by atoms with van der Waals surface area (Å²) in [6.07, 6.45) is -0.823. The molecule has 2 atom stereocenters. The van der Waals surface area contributed by atoms with E-state index in [0.29, 0.717) is 18.4 Å². The first-order valence-electron chi connectivity index (χ1n) is 6.36. The van der Waals surface area contributed by atoms with Crippen molar-refractivity contribution < 1.29 is 13.2 Å². The summed E-state index contributed by atoms with van der Waals surface area (Å²) >= 11 is 0. The van der Waals surface area contributed by atoms with Gasteiger partial charge in [0.05, 0.1) is 5.56 Å². The van der Waals surface area contributed by atoms with Crippen molar-refractivity contribution in [3.05, 3.63) is 35.4 Å². The molecule has 2 N–H and O–H groups in total. The highest BCUT2D eigenvalue weighted by molar-refractivity contribution is 5.39. The minimum Gasteiger partial charge on any atom is -0.330 e. The van der Waals surface area contributed by atoms with Crippen LogP contribution >= 0.6 is 0 Å². The molecule has 1 nitrogen and oxygen atoms in total. The van der Waals surface area contributed by atoms with E-state index in [1.165, 1.54) is 25.0 Å². The lowest BCUT2D eigenvalue weighted by molar-refractivity contribution is -0.137. The summed E-state index contributed by atoms with van der Waals surface area (Å²) in [7, 11) is 0. The van der Waals surface area contributed by atoms with Crippen molar-refractivity contribution in [2.45, 2.75) is 30.9 Å². The van der Waals surface area contributed by atoms with Crippen LogP contribution in [0.5, 0.6) is 0 Å². The largest absolute Gasteiger partial charge is 0.416 e. The molecule has 2 aliphatic rings. The third-order valence-electron chi connectivity index (χ3n) is 4.49. The van der Waals surface area contributed by atoms with Crippen LogP contribution in [0.3, 0.4) is 0 Å². The molecular formula is C14H16F3N. The number of benzene rings is 1. The van der Waals surface area contributed by atoms with Gasteiger partial charge < -0.3 is 5.73 Å². The van der Waals surface area contributed by atoms with Crippen molar-refractivity contribution in [3.8, 4) is 0 Å². The highest BCUT2D eigenvalue weighted by Gasteiger charge is 2.62. The first-order valence-corrected chi connectivity index (χ1v) is 6.36. The Balaban J connectivity index is 1.89. The van der Waals surface area contributed by atoms with Crippen LogP contribution in [0.15, 0.2) is 24.3 Å². The molecule has 3 rings (SSSR count). The molecule has 0 heterocycles. The Morgan fingerprint density at radius 2 is 1.78 bits per heavy atom. The fourth-order valence-corrected chi connectivity index (χ4v) is 3.30. The fourth-order valence-electron chi connectivity index (χ4n) is 3.30. The lowest BCUT2D eigenvalue weighted by Crippen LogP contribution is -2.18. The van der Waals surface area contributed by atoms with Gasteiger partial charge in [-0.25, -0.2) is 0 Å². The molecule has 1 aromatic rings. The molecule has 1 unspecified atom stereocenters. The SMILES string of the molecule is NC[C@@H]1CC1(c1ccc(C(F)(F)F)cc1)C1CC1. The van der Waals surface area contributed by atoms with E-state index in [4.69, 9.17) is 5.73 Å². The molecule has 0 spiro atoms. The van der Waals surface area contributed by atoms with Crippen LogP contribution in [0.1, 0.15) is 30.4 Å². The van der Waals surface area contributed by atoms with Crippen molar-refractivity contribution >= 4 is 0 Å². The Hall–Kier alpha value is -1.03. The quantitative estimate of drug-likeness (QED) is 0.880. The highest BCUT2D eigenvalue weighted by atomic mass is 19.4. The predicted molar refractivity (Wildman–Crippen MR) is 63.0 cm³/mol. The van der Waals surface area contributed by atoms with Crippen LogP contribution in [0.25, 0.3) is 0 Å². The number of rotatable bonds is 3. The normalized spacial score (nSPS) is 31.4. The van der Waals surface area contributed by atoms with Crippen LogP contribution < -0.4 is 5.73 Å². The second-order valence-corrected chi connectivity index (χ2v) is 5.53. The smallest absolute Gasteiger partial charge is 0.330 e. The zero-order valence-corrected chi connectivity index (χ0v) is 10.0. The highest BCUT2D eigenvalue weighted by Crippen LogP contribution is 2.65. The van der Waals surface area contributed by atoms with Gasteiger partial charge in [0, 0.05) is 5.41 Å². The Morgan fingerprint density at radius 1 is 1.17 bits per heavy atom. The summed E-state index contributed by atoms with van der Waals surface area (Å²) in [6.45, 7) is 0.636. The number of alkyl halides is 3. The Labute approximate surface area is 104 Å². The summed E-state index contributed by atoms with van der Waals surface area (Å²) in [6, 6.07) is 5.70. The summed E-state index contributed by atoms with van der Waals surface area (Å²) in [5.41, 5.74) is 6.31. The molecule has 18 heavy (non-hydrogen) atoms. The third kappa shape index (κ3) is 1.74. The predicted octanol–water partition coefficient (Wildman–Crippen LogP) is 3.33. The second-order valence-electron chi connectivity index (χ2n) is 5.53. The summed E-state index contributed by atoms with van der Waals surface area (Å²) < 4.78 is 37.6. The zero-order valence-electron chi connectivity index (χ0n) is 10.0. The minimum atomic E-state index is -4.25. The van der Waals surface area contributed by atoms with Crippen LogP contribution in [0, 0.1) is 11.8 Å². The summed E-state index contributed by atoms with van der Waals surface area (Å²) in [4.78, 5) is 0. The molecular weight excluding hydrogens is 239 g/mol. The maximum Gasteiger partial charge on any atom is 0.416 e. The lowest BCUT2D eigenvalue weighted by Gasteiger charge is -2.18. The number of nitrogens with two attached hydrogens (primary N) is 1. The average Bonchev–Trinajstić information content (AvgIpc) is 3.20. The van der Waals surface area contributed by atoms with Gasteiger partial charge in [0.15, 0.2) is 0 Å². The van der Waals surface area contributed by atoms with Crippen molar-refractivity contribution in [2.24, 2.45) is 17.6 Å². The van der Waals surface area contributed by atoms with Gasteiger partial charge in [0.25, 0.3) is 0 Å². The molecule has 0 aliphatic heterocycles. The number of halogens is 3. The zero-order chi connectivity index (χ0) is 13.0. The maximum atomic E-state index is 12.5. The van der Waals surface area contributed by atoms with Crippen molar-refractivity contribution in [1.82, 2.24) is 0 Å². The van der Waals surface area contributed by atoms with Crippen LogP contribution in [0.4, 0.5) is 13.2 Å². The molecule has 2 fully saturated rings. The van der Waals surface area contributed by atoms with Crippen LogP contribution in [0.2, 0.25) is 0 Å². The van der Waals surface area contributed by atoms with E-state index in [2.05, 4.69) is 0 Å². The van der Waals surface area contributed by atoms with Gasteiger partial charge in [-0.15, -0.1) is 0 Å². The van der Waals surface area contributed by atoms with Crippen molar-refractivity contribution in [1.29, 1.82) is 0 Å². The molecule has 1 aromatic carbocycles. The summed E-state index contributed by atoms with van der Waals surface area (Å²) in [5.74, 6) is 1.10. The van der Waals surface area contributed by atoms with Gasteiger partial charge in [-0.2, -0.15) is 13.2 Å². The van der Waals surface area contributed by atoms with Gasteiger partial charge in [-0.05, 0) is 55.3 Å². The number of hydrogen-bond acceptors (Lipinski definition) is 1. The maximum absolute atomic E-state index is 12.5. The van der Waals surface area contributed by atoms with Gasteiger partial charge in [0.1, 0.15) is 0 Å². The van der Waals surface area contributed by atoms with Gasteiger partial charge in [-0.3, -0.25) is 0 Å². The van der Waals surface area contributed by atoms with Gasteiger partial charge in [-0.1, -0.05) is 12.1 Å². The van der Waals surface area contributed by atoms with Crippen LogP contribution in [-0.2, 0) is 11.6 Å². The van der Waals surface area contributed by atoms with E-state index in [-0.39, 0.29) is 5.41 Å². The molecule has 2 aliphatic carbocycles. The molecule has 4 heteroatoms. The van der Waals surface area contributed by atoms with Gasteiger partial charge >= 0.3 is 6.18 Å². The first kappa shape index (κ1) is 12.0. The monoisotopic (exact) mass is 255 g/mol. The third-order valence-corrected chi connectivity index (χ3v) is 4.49. The minimum absolute atomic E-state index is 0.0961.